The van der Waals surface area contributed by atoms with Crippen LogP contribution in [-0.2, 0) is 11.3 Å². The molecule has 1 saturated carbocycles. The van der Waals surface area contributed by atoms with Crippen molar-refractivity contribution in [2.24, 2.45) is 5.92 Å². The van der Waals surface area contributed by atoms with Crippen LogP contribution in [0, 0.1) is 19.8 Å². The van der Waals surface area contributed by atoms with Gasteiger partial charge in [-0.25, -0.2) is 4.98 Å². The Kier molecular flexibility index (Phi) is 3.85. The van der Waals surface area contributed by atoms with E-state index < -0.39 is 0 Å². The van der Waals surface area contributed by atoms with E-state index in [9.17, 15) is 4.79 Å². The summed E-state index contributed by atoms with van der Waals surface area (Å²) in [5.41, 5.74) is 4.56. The molecule has 1 heterocycles. The van der Waals surface area contributed by atoms with E-state index in [2.05, 4.69) is 38.1 Å². The minimum atomic E-state index is 0.184. The average Bonchev–Trinajstić information content (AvgIpc) is 3.33. The zero-order chi connectivity index (χ0) is 16.7. The summed E-state index contributed by atoms with van der Waals surface area (Å²) in [6.07, 6.45) is 2.01. The Bertz CT molecular complexity index is 897. The van der Waals surface area contributed by atoms with Gasteiger partial charge in [-0.3, -0.25) is 9.69 Å². The number of hydrogen-bond acceptors (Lipinski definition) is 3. The minimum Gasteiger partial charge on any atom is -0.283 e. The molecule has 1 aliphatic rings. The third kappa shape index (κ3) is 2.94. The minimum absolute atomic E-state index is 0.184. The first-order chi connectivity index (χ1) is 11.6. The normalized spacial score (nSPS) is 14.1. The van der Waals surface area contributed by atoms with Gasteiger partial charge in [-0.15, -0.1) is 0 Å². The number of nitrogens with zero attached hydrogens (tertiary/aromatic N) is 2. The molecule has 1 fully saturated rings. The van der Waals surface area contributed by atoms with Crippen LogP contribution in [0.5, 0.6) is 0 Å². The van der Waals surface area contributed by atoms with Crippen molar-refractivity contribution in [3.63, 3.8) is 0 Å². The summed E-state index contributed by atoms with van der Waals surface area (Å²) >= 11 is 1.62. The lowest BCUT2D eigenvalue weighted by Gasteiger charge is -2.19. The molecule has 1 aliphatic carbocycles. The lowest BCUT2D eigenvalue weighted by molar-refractivity contribution is -0.119. The molecule has 24 heavy (non-hydrogen) atoms. The molecule has 1 aromatic heterocycles. The average molecular weight is 336 g/mol. The number of aromatic nitrogens is 1. The molecular weight excluding hydrogens is 316 g/mol. The van der Waals surface area contributed by atoms with Crippen molar-refractivity contribution in [2.45, 2.75) is 33.2 Å². The fourth-order valence-corrected chi connectivity index (χ4v) is 4.18. The van der Waals surface area contributed by atoms with E-state index in [4.69, 9.17) is 4.98 Å². The van der Waals surface area contributed by atoms with E-state index in [1.807, 2.05) is 23.1 Å². The molecule has 0 radical (unpaired) electrons. The molecule has 2 aromatic carbocycles. The number of amides is 1. The van der Waals surface area contributed by atoms with Crippen molar-refractivity contribution in [3.8, 4) is 0 Å². The van der Waals surface area contributed by atoms with Crippen LogP contribution in [0.2, 0.25) is 0 Å². The van der Waals surface area contributed by atoms with Crippen LogP contribution in [0.1, 0.15) is 29.5 Å². The van der Waals surface area contributed by atoms with E-state index >= 15 is 0 Å². The predicted octanol–water partition coefficient (Wildman–Crippen LogP) is 4.86. The first-order valence-corrected chi connectivity index (χ1v) is 9.16. The summed E-state index contributed by atoms with van der Waals surface area (Å²) in [4.78, 5) is 19.5. The molecule has 0 atom stereocenters. The van der Waals surface area contributed by atoms with Gasteiger partial charge in [0.15, 0.2) is 5.13 Å². The highest BCUT2D eigenvalue weighted by Gasteiger charge is 2.35. The Labute approximate surface area is 146 Å². The van der Waals surface area contributed by atoms with Crippen molar-refractivity contribution in [2.75, 3.05) is 4.90 Å². The fraction of sp³-hybridized carbons (Fsp3) is 0.300. The summed E-state index contributed by atoms with van der Waals surface area (Å²) in [7, 11) is 0. The summed E-state index contributed by atoms with van der Waals surface area (Å²) < 4.78 is 1.16. The molecule has 4 heteroatoms. The van der Waals surface area contributed by atoms with Gasteiger partial charge in [-0.2, -0.15) is 0 Å². The maximum atomic E-state index is 12.8. The number of anilines is 1. The summed E-state index contributed by atoms with van der Waals surface area (Å²) in [5, 5.41) is 0.819. The number of fused-ring (bicyclic) bond motifs is 1. The molecule has 4 rings (SSSR count). The third-order valence-electron chi connectivity index (χ3n) is 4.43. The monoisotopic (exact) mass is 336 g/mol. The molecule has 0 saturated heterocycles. The van der Waals surface area contributed by atoms with Gasteiger partial charge in [-0.1, -0.05) is 47.7 Å². The van der Waals surface area contributed by atoms with Crippen LogP contribution >= 0.6 is 11.3 Å². The number of carbonyl (C=O) groups is 1. The SMILES string of the molecule is Cc1cc(C)c2nc(N(Cc3ccccc3)C(=O)C3CC3)sc2c1. The fourth-order valence-electron chi connectivity index (χ4n) is 3.03. The Balaban J connectivity index is 1.75. The van der Waals surface area contributed by atoms with E-state index in [1.165, 1.54) is 11.1 Å². The van der Waals surface area contributed by atoms with E-state index in [-0.39, 0.29) is 11.8 Å². The number of carbonyl (C=O) groups excluding carboxylic acids is 1. The highest BCUT2D eigenvalue weighted by molar-refractivity contribution is 7.22. The standard InChI is InChI=1S/C20H20N2OS/c1-13-10-14(2)18-17(11-13)24-20(21-18)22(19(23)16-8-9-16)12-15-6-4-3-5-7-15/h3-7,10-11,16H,8-9,12H2,1-2H3. The molecular formula is C20H20N2OS. The largest absolute Gasteiger partial charge is 0.283 e. The van der Waals surface area contributed by atoms with Gasteiger partial charge in [0.1, 0.15) is 0 Å². The second kappa shape index (κ2) is 6.02. The number of aryl methyl sites for hydroxylation is 2. The van der Waals surface area contributed by atoms with Gasteiger partial charge in [-0.05, 0) is 49.4 Å². The van der Waals surface area contributed by atoms with Gasteiger partial charge in [0, 0.05) is 5.92 Å². The molecule has 0 N–H and O–H groups in total. The van der Waals surface area contributed by atoms with Crippen molar-refractivity contribution < 1.29 is 4.79 Å². The molecule has 0 unspecified atom stereocenters. The molecule has 0 bridgehead atoms. The second-order valence-corrected chi connectivity index (χ2v) is 7.62. The van der Waals surface area contributed by atoms with E-state index in [1.54, 1.807) is 11.3 Å². The Morgan fingerprint density at radius 2 is 1.96 bits per heavy atom. The maximum Gasteiger partial charge on any atom is 0.232 e. The highest BCUT2D eigenvalue weighted by Crippen LogP contribution is 2.37. The summed E-state index contributed by atoms with van der Waals surface area (Å²) in [6, 6.07) is 14.5. The van der Waals surface area contributed by atoms with Gasteiger partial charge in [0.25, 0.3) is 0 Å². The lowest BCUT2D eigenvalue weighted by Crippen LogP contribution is -2.31. The third-order valence-corrected chi connectivity index (χ3v) is 5.45. The highest BCUT2D eigenvalue weighted by atomic mass is 32.1. The molecule has 3 nitrogen and oxygen atoms in total. The van der Waals surface area contributed by atoms with Gasteiger partial charge >= 0.3 is 0 Å². The number of benzene rings is 2. The van der Waals surface area contributed by atoms with Gasteiger partial charge in [0.05, 0.1) is 16.8 Å². The summed E-state index contributed by atoms with van der Waals surface area (Å²) in [6.45, 7) is 4.78. The predicted molar refractivity (Wildman–Crippen MR) is 99.5 cm³/mol. The van der Waals surface area contributed by atoms with Crippen LogP contribution in [0.3, 0.4) is 0 Å². The van der Waals surface area contributed by atoms with Crippen LogP contribution in [0.25, 0.3) is 10.2 Å². The quantitative estimate of drug-likeness (QED) is 0.682. The van der Waals surface area contributed by atoms with Crippen LogP contribution < -0.4 is 4.90 Å². The molecule has 0 aliphatic heterocycles. The zero-order valence-corrected chi connectivity index (χ0v) is 14.8. The van der Waals surface area contributed by atoms with Gasteiger partial charge in [0.2, 0.25) is 5.91 Å². The smallest absolute Gasteiger partial charge is 0.232 e. The van der Waals surface area contributed by atoms with Crippen LogP contribution in [-0.4, -0.2) is 10.9 Å². The topological polar surface area (TPSA) is 33.2 Å². The number of hydrogen-bond donors (Lipinski definition) is 0. The van der Waals surface area contributed by atoms with Crippen LogP contribution in [0.4, 0.5) is 5.13 Å². The number of thiazole rings is 1. The van der Waals surface area contributed by atoms with Crippen molar-refractivity contribution >= 4 is 32.6 Å². The van der Waals surface area contributed by atoms with Crippen molar-refractivity contribution in [1.82, 2.24) is 4.98 Å². The van der Waals surface area contributed by atoms with Crippen molar-refractivity contribution in [3.05, 3.63) is 59.2 Å². The van der Waals surface area contributed by atoms with E-state index in [0.717, 1.165) is 33.8 Å². The molecule has 0 spiro atoms. The molecule has 3 aromatic rings. The Morgan fingerprint density at radius 1 is 1.21 bits per heavy atom. The number of rotatable bonds is 4. The first kappa shape index (κ1) is 15.3. The van der Waals surface area contributed by atoms with Crippen molar-refractivity contribution in [1.29, 1.82) is 0 Å². The zero-order valence-electron chi connectivity index (χ0n) is 14.0. The molecule has 122 valence electrons. The Morgan fingerprint density at radius 3 is 2.67 bits per heavy atom. The second-order valence-electron chi connectivity index (χ2n) is 6.61. The summed E-state index contributed by atoms with van der Waals surface area (Å²) in [5.74, 6) is 0.399. The van der Waals surface area contributed by atoms with Gasteiger partial charge < -0.3 is 0 Å². The maximum absolute atomic E-state index is 12.8. The lowest BCUT2D eigenvalue weighted by atomic mass is 10.1. The first-order valence-electron chi connectivity index (χ1n) is 8.35. The Hall–Kier alpha value is -2.20. The molecule has 1 amide bonds. The van der Waals surface area contributed by atoms with Crippen LogP contribution in [0.15, 0.2) is 42.5 Å². The van der Waals surface area contributed by atoms with E-state index in [0.29, 0.717) is 6.54 Å².